The Balaban J connectivity index is 2.28. The van der Waals surface area contributed by atoms with E-state index in [4.69, 9.17) is 0 Å². The molecule has 0 aliphatic heterocycles. The molecule has 2 aromatic rings. The molecule has 0 bridgehead atoms. The number of benzene rings is 1. The van der Waals surface area contributed by atoms with Crippen LogP contribution in [0.3, 0.4) is 0 Å². The molecule has 0 amide bonds. The predicted molar refractivity (Wildman–Crippen MR) is 73.7 cm³/mol. The summed E-state index contributed by atoms with van der Waals surface area (Å²) in [5, 5.41) is 3.27. The fourth-order valence-corrected chi connectivity index (χ4v) is 2.04. The molecule has 0 radical (unpaired) electrons. The Kier molecular flexibility index (Phi) is 3.43. The molecule has 0 aliphatic rings. The van der Waals surface area contributed by atoms with Gasteiger partial charge in [-0.1, -0.05) is 6.07 Å². The summed E-state index contributed by atoms with van der Waals surface area (Å²) in [6.45, 7) is 6.07. The number of rotatable bonds is 2. The summed E-state index contributed by atoms with van der Waals surface area (Å²) < 4.78 is 0.788. The lowest BCUT2D eigenvalue weighted by atomic mass is 10.1. The smallest absolute Gasteiger partial charge is 0.135 e. The Morgan fingerprint density at radius 1 is 1.00 bits per heavy atom. The van der Waals surface area contributed by atoms with Gasteiger partial charge < -0.3 is 5.32 Å². The van der Waals surface area contributed by atoms with Gasteiger partial charge >= 0.3 is 0 Å². The molecule has 3 nitrogen and oxygen atoms in total. The van der Waals surface area contributed by atoms with Crippen molar-refractivity contribution in [3.63, 3.8) is 0 Å². The molecule has 1 N–H and O–H groups in total. The van der Waals surface area contributed by atoms with E-state index in [1.165, 1.54) is 11.1 Å². The zero-order valence-electron chi connectivity index (χ0n) is 10.1. The van der Waals surface area contributed by atoms with Crippen molar-refractivity contribution in [1.82, 2.24) is 9.97 Å². The van der Waals surface area contributed by atoms with Gasteiger partial charge in [0.25, 0.3) is 0 Å². The lowest BCUT2D eigenvalue weighted by Gasteiger charge is -2.08. The van der Waals surface area contributed by atoms with Gasteiger partial charge in [0.1, 0.15) is 16.2 Å². The van der Waals surface area contributed by atoms with Crippen LogP contribution in [0.15, 0.2) is 28.9 Å². The summed E-state index contributed by atoms with van der Waals surface area (Å²) in [7, 11) is 0. The highest BCUT2D eigenvalue weighted by Crippen LogP contribution is 2.20. The molecule has 1 heterocycles. The summed E-state index contributed by atoms with van der Waals surface area (Å²) >= 11 is 3.36. The third kappa shape index (κ3) is 3.03. The molecule has 0 fully saturated rings. The van der Waals surface area contributed by atoms with Gasteiger partial charge in [0.05, 0.1) is 0 Å². The monoisotopic (exact) mass is 291 g/mol. The van der Waals surface area contributed by atoms with Crippen molar-refractivity contribution in [2.75, 3.05) is 5.32 Å². The van der Waals surface area contributed by atoms with Gasteiger partial charge in [0.2, 0.25) is 0 Å². The average Bonchev–Trinajstić information content (AvgIpc) is 2.22. The number of aromatic nitrogens is 2. The highest BCUT2D eigenvalue weighted by molar-refractivity contribution is 9.10. The van der Waals surface area contributed by atoms with Crippen LogP contribution in [0.1, 0.15) is 17.0 Å². The Morgan fingerprint density at radius 2 is 1.76 bits per heavy atom. The van der Waals surface area contributed by atoms with E-state index < -0.39 is 0 Å². The van der Waals surface area contributed by atoms with Crippen LogP contribution < -0.4 is 5.32 Å². The van der Waals surface area contributed by atoms with Gasteiger partial charge in [-0.05, 0) is 60.0 Å². The topological polar surface area (TPSA) is 37.8 Å². The van der Waals surface area contributed by atoms with E-state index in [2.05, 4.69) is 57.2 Å². The second-order valence-corrected chi connectivity index (χ2v) is 4.86. The molecule has 4 heteroatoms. The van der Waals surface area contributed by atoms with E-state index in [1.54, 1.807) is 0 Å². The van der Waals surface area contributed by atoms with Crippen molar-refractivity contribution in [3.8, 4) is 0 Å². The SMILES string of the molecule is Cc1nc(Br)cc(Nc2ccc(C)c(C)c2)n1. The second kappa shape index (κ2) is 4.84. The van der Waals surface area contributed by atoms with Gasteiger partial charge in [-0.2, -0.15) is 0 Å². The first-order chi connectivity index (χ1) is 8.04. The van der Waals surface area contributed by atoms with E-state index in [1.807, 2.05) is 19.1 Å². The van der Waals surface area contributed by atoms with Crippen molar-refractivity contribution >= 4 is 27.4 Å². The molecule has 0 spiro atoms. The normalized spacial score (nSPS) is 10.4. The van der Waals surface area contributed by atoms with E-state index in [0.717, 1.165) is 21.9 Å². The number of hydrogen-bond acceptors (Lipinski definition) is 3. The molecule has 0 saturated carbocycles. The van der Waals surface area contributed by atoms with Gasteiger partial charge in [0.15, 0.2) is 0 Å². The summed E-state index contributed by atoms with van der Waals surface area (Å²) in [4.78, 5) is 8.50. The minimum Gasteiger partial charge on any atom is -0.340 e. The Morgan fingerprint density at radius 3 is 2.41 bits per heavy atom. The number of nitrogens with zero attached hydrogens (tertiary/aromatic N) is 2. The Hall–Kier alpha value is -1.42. The lowest BCUT2D eigenvalue weighted by Crippen LogP contribution is -1.98. The van der Waals surface area contributed by atoms with Gasteiger partial charge in [0, 0.05) is 11.8 Å². The van der Waals surface area contributed by atoms with Crippen LogP contribution >= 0.6 is 15.9 Å². The van der Waals surface area contributed by atoms with Crippen LogP contribution in [0.25, 0.3) is 0 Å². The minimum absolute atomic E-state index is 0.741. The summed E-state index contributed by atoms with van der Waals surface area (Å²) in [6.07, 6.45) is 0. The van der Waals surface area contributed by atoms with Crippen molar-refractivity contribution in [2.45, 2.75) is 20.8 Å². The van der Waals surface area contributed by atoms with Gasteiger partial charge in [-0.25, -0.2) is 9.97 Å². The van der Waals surface area contributed by atoms with Crippen LogP contribution in [0.5, 0.6) is 0 Å². The zero-order chi connectivity index (χ0) is 12.4. The first-order valence-corrected chi connectivity index (χ1v) is 6.19. The largest absolute Gasteiger partial charge is 0.340 e. The molecule has 0 atom stereocenters. The quantitative estimate of drug-likeness (QED) is 0.853. The van der Waals surface area contributed by atoms with Gasteiger partial charge in [-0.3, -0.25) is 0 Å². The van der Waals surface area contributed by atoms with Crippen LogP contribution in [-0.2, 0) is 0 Å². The third-order valence-electron chi connectivity index (χ3n) is 2.59. The molecule has 0 saturated heterocycles. The minimum atomic E-state index is 0.741. The second-order valence-electron chi connectivity index (χ2n) is 4.05. The molecular weight excluding hydrogens is 278 g/mol. The standard InChI is InChI=1S/C13H14BrN3/c1-8-4-5-11(6-9(8)2)17-13-7-12(14)15-10(3)16-13/h4-7H,1-3H3,(H,15,16,17). The van der Waals surface area contributed by atoms with Crippen molar-refractivity contribution < 1.29 is 0 Å². The van der Waals surface area contributed by atoms with Crippen molar-refractivity contribution in [3.05, 3.63) is 45.8 Å². The first-order valence-electron chi connectivity index (χ1n) is 5.40. The number of nitrogens with one attached hydrogen (secondary N) is 1. The van der Waals surface area contributed by atoms with E-state index in [0.29, 0.717) is 0 Å². The van der Waals surface area contributed by atoms with Crippen LogP contribution in [0.2, 0.25) is 0 Å². The van der Waals surface area contributed by atoms with E-state index in [-0.39, 0.29) is 0 Å². The van der Waals surface area contributed by atoms with Crippen LogP contribution in [0, 0.1) is 20.8 Å². The zero-order valence-corrected chi connectivity index (χ0v) is 11.7. The molecule has 0 unspecified atom stereocenters. The fraction of sp³-hybridized carbons (Fsp3) is 0.231. The van der Waals surface area contributed by atoms with Crippen LogP contribution in [0.4, 0.5) is 11.5 Å². The van der Waals surface area contributed by atoms with Crippen molar-refractivity contribution in [2.24, 2.45) is 0 Å². The molecule has 1 aromatic carbocycles. The maximum absolute atomic E-state index is 4.33. The number of anilines is 2. The molecule has 88 valence electrons. The maximum Gasteiger partial charge on any atom is 0.135 e. The molecule has 1 aromatic heterocycles. The summed E-state index contributed by atoms with van der Waals surface area (Å²) in [5.41, 5.74) is 3.59. The van der Waals surface area contributed by atoms with Crippen LogP contribution in [-0.4, -0.2) is 9.97 Å². The molecule has 2 rings (SSSR count). The predicted octanol–water partition coefficient (Wildman–Crippen LogP) is 3.91. The van der Waals surface area contributed by atoms with E-state index in [9.17, 15) is 0 Å². The summed E-state index contributed by atoms with van der Waals surface area (Å²) in [5.74, 6) is 1.54. The fourth-order valence-electron chi connectivity index (χ4n) is 1.56. The number of aryl methyl sites for hydroxylation is 3. The van der Waals surface area contributed by atoms with Crippen molar-refractivity contribution in [1.29, 1.82) is 0 Å². The average molecular weight is 292 g/mol. The number of halogens is 1. The Bertz CT molecular complexity index is 532. The lowest BCUT2D eigenvalue weighted by molar-refractivity contribution is 1.04. The molecule has 0 aliphatic carbocycles. The van der Waals surface area contributed by atoms with Gasteiger partial charge in [-0.15, -0.1) is 0 Å². The molecular formula is C13H14BrN3. The maximum atomic E-state index is 4.33. The number of hydrogen-bond donors (Lipinski definition) is 1. The highest BCUT2D eigenvalue weighted by atomic mass is 79.9. The van der Waals surface area contributed by atoms with E-state index >= 15 is 0 Å². The third-order valence-corrected chi connectivity index (χ3v) is 2.99. The summed E-state index contributed by atoms with van der Waals surface area (Å²) in [6, 6.07) is 8.12. The Labute approximate surface area is 109 Å². The first kappa shape index (κ1) is 12.0. The highest BCUT2D eigenvalue weighted by Gasteiger charge is 2.01. The molecule has 17 heavy (non-hydrogen) atoms.